The molecule has 1 aliphatic heterocycles. The van der Waals surface area contributed by atoms with Crippen molar-refractivity contribution in [1.82, 2.24) is 10.3 Å². The van der Waals surface area contributed by atoms with Gasteiger partial charge < -0.3 is 5.32 Å². The molecule has 0 spiro atoms. The second-order valence-corrected chi connectivity index (χ2v) is 3.77. The van der Waals surface area contributed by atoms with Crippen LogP contribution in [-0.2, 0) is 4.79 Å². The fourth-order valence-corrected chi connectivity index (χ4v) is 2.14. The fourth-order valence-electron chi connectivity index (χ4n) is 1.38. The summed E-state index contributed by atoms with van der Waals surface area (Å²) in [4.78, 5) is 15.6. The summed E-state index contributed by atoms with van der Waals surface area (Å²) in [6.45, 7) is 1.58. The third kappa shape index (κ3) is 1.40. The van der Waals surface area contributed by atoms with Crippen LogP contribution in [0.25, 0.3) is 0 Å². The van der Waals surface area contributed by atoms with Gasteiger partial charge in [-0.25, -0.2) is 4.98 Å². The van der Waals surface area contributed by atoms with Crippen molar-refractivity contribution in [2.45, 2.75) is 12.3 Å². The highest BCUT2D eigenvalue weighted by atomic mass is 32.1. The fraction of sp³-hybridized carbons (Fsp3) is 0.500. The van der Waals surface area contributed by atoms with Crippen molar-refractivity contribution in [2.75, 3.05) is 13.1 Å². The Balaban J connectivity index is 2.17. The maximum absolute atomic E-state index is 11.4. The van der Waals surface area contributed by atoms with Gasteiger partial charge in [-0.1, -0.05) is 0 Å². The quantitative estimate of drug-likeness (QED) is 0.698. The van der Waals surface area contributed by atoms with Crippen LogP contribution in [0.3, 0.4) is 0 Å². The molecule has 2 rings (SSSR count). The van der Waals surface area contributed by atoms with Crippen molar-refractivity contribution < 1.29 is 4.79 Å². The van der Waals surface area contributed by atoms with Gasteiger partial charge in [0.2, 0.25) is 0 Å². The second kappa shape index (κ2) is 3.33. The molecule has 3 nitrogen and oxygen atoms in total. The summed E-state index contributed by atoms with van der Waals surface area (Å²) < 4.78 is 0. The van der Waals surface area contributed by atoms with E-state index in [2.05, 4.69) is 10.3 Å². The van der Waals surface area contributed by atoms with Gasteiger partial charge in [-0.15, -0.1) is 11.3 Å². The first kappa shape index (κ1) is 7.89. The maximum Gasteiger partial charge on any atom is 0.145 e. The normalized spacial score (nSPS) is 24.3. The molecule has 1 aromatic rings. The molecule has 1 aromatic heterocycles. The molecule has 1 unspecified atom stereocenters. The van der Waals surface area contributed by atoms with Crippen LogP contribution in [-0.4, -0.2) is 23.9 Å². The molecule has 1 aliphatic rings. The number of piperidine rings is 1. The van der Waals surface area contributed by atoms with Crippen molar-refractivity contribution in [3.05, 3.63) is 16.6 Å². The Kier molecular flexibility index (Phi) is 2.19. The molecule has 1 atom stereocenters. The number of hydrogen-bond donors (Lipinski definition) is 1. The van der Waals surface area contributed by atoms with Crippen molar-refractivity contribution >= 4 is 17.1 Å². The standard InChI is InChI=1S/C8H10N2OS/c11-7-1-2-9-5-6(7)8-10-3-4-12-8/h3-4,6,9H,1-2,5H2. The molecule has 0 aliphatic carbocycles. The third-order valence-electron chi connectivity index (χ3n) is 2.03. The Morgan fingerprint density at radius 2 is 2.58 bits per heavy atom. The minimum absolute atomic E-state index is 0.0127. The lowest BCUT2D eigenvalue weighted by Gasteiger charge is -2.19. The molecular formula is C8H10N2OS. The van der Waals surface area contributed by atoms with Gasteiger partial charge in [0, 0.05) is 31.1 Å². The SMILES string of the molecule is O=C1CCNCC1c1nccs1. The molecule has 12 heavy (non-hydrogen) atoms. The highest BCUT2D eigenvalue weighted by Gasteiger charge is 2.25. The second-order valence-electron chi connectivity index (χ2n) is 2.84. The molecule has 0 aromatic carbocycles. The monoisotopic (exact) mass is 182 g/mol. The highest BCUT2D eigenvalue weighted by Crippen LogP contribution is 2.21. The van der Waals surface area contributed by atoms with E-state index in [1.54, 1.807) is 17.5 Å². The third-order valence-corrected chi connectivity index (χ3v) is 2.92. The predicted octanol–water partition coefficient (Wildman–Crippen LogP) is 0.789. The Morgan fingerprint density at radius 3 is 3.25 bits per heavy atom. The number of nitrogens with zero attached hydrogens (tertiary/aromatic N) is 1. The molecule has 0 saturated carbocycles. The van der Waals surface area contributed by atoms with E-state index in [9.17, 15) is 4.79 Å². The Hall–Kier alpha value is -0.740. The Bertz CT molecular complexity index is 271. The van der Waals surface area contributed by atoms with E-state index in [0.29, 0.717) is 12.2 Å². The van der Waals surface area contributed by atoms with Crippen LogP contribution >= 0.6 is 11.3 Å². The summed E-state index contributed by atoms with van der Waals surface area (Å²) in [5, 5.41) is 6.06. The van der Waals surface area contributed by atoms with Crippen molar-refractivity contribution in [3.63, 3.8) is 0 Å². The zero-order chi connectivity index (χ0) is 8.39. The van der Waals surface area contributed by atoms with Gasteiger partial charge >= 0.3 is 0 Å². The van der Waals surface area contributed by atoms with Gasteiger partial charge in [-0.2, -0.15) is 0 Å². The maximum atomic E-state index is 11.4. The van der Waals surface area contributed by atoms with Crippen LogP contribution in [0.4, 0.5) is 0 Å². The van der Waals surface area contributed by atoms with E-state index in [0.717, 1.165) is 18.1 Å². The number of aromatic nitrogens is 1. The lowest BCUT2D eigenvalue weighted by atomic mass is 9.99. The van der Waals surface area contributed by atoms with Gasteiger partial charge in [-0.05, 0) is 0 Å². The molecule has 0 bridgehead atoms. The van der Waals surface area contributed by atoms with Gasteiger partial charge in [-0.3, -0.25) is 4.79 Å². The molecule has 0 amide bonds. The molecule has 1 N–H and O–H groups in total. The smallest absolute Gasteiger partial charge is 0.145 e. The number of carbonyl (C=O) groups excluding carboxylic acids is 1. The molecule has 1 saturated heterocycles. The van der Waals surface area contributed by atoms with Crippen LogP contribution in [0.15, 0.2) is 11.6 Å². The summed E-state index contributed by atoms with van der Waals surface area (Å²) in [7, 11) is 0. The van der Waals surface area contributed by atoms with Crippen LogP contribution in [0.1, 0.15) is 17.3 Å². The molecule has 1 fully saturated rings. The molecular weight excluding hydrogens is 172 g/mol. The summed E-state index contributed by atoms with van der Waals surface area (Å²) in [6, 6.07) is 0. The van der Waals surface area contributed by atoms with E-state index in [1.165, 1.54) is 0 Å². The molecule has 4 heteroatoms. The average molecular weight is 182 g/mol. The number of Topliss-reactive ketones (excluding diaryl/α,β-unsaturated/α-hetero) is 1. The zero-order valence-electron chi connectivity index (χ0n) is 6.62. The molecule has 2 heterocycles. The van der Waals surface area contributed by atoms with E-state index in [4.69, 9.17) is 0 Å². The lowest BCUT2D eigenvalue weighted by molar-refractivity contribution is -0.121. The zero-order valence-corrected chi connectivity index (χ0v) is 7.43. The first-order chi connectivity index (χ1) is 5.88. The minimum atomic E-state index is 0.0127. The first-order valence-electron chi connectivity index (χ1n) is 4.01. The van der Waals surface area contributed by atoms with Crippen molar-refractivity contribution in [2.24, 2.45) is 0 Å². The van der Waals surface area contributed by atoms with E-state index in [-0.39, 0.29) is 5.92 Å². The number of hydrogen-bond acceptors (Lipinski definition) is 4. The summed E-state index contributed by atoms with van der Waals surface area (Å²) in [5.41, 5.74) is 0. The van der Waals surface area contributed by atoms with E-state index < -0.39 is 0 Å². The topological polar surface area (TPSA) is 42.0 Å². The minimum Gasteiger partial charge on any atom is -0.315 e. The Labute approximate surface area is 74.8 Å². The first-order valence-corrected chi connectivity index (χ1v) is 4.89. The number of rotatable bonds is 1. The van der Waals surface area contributed by atoms with Gasteiger partial charge in [0.25, 0.3) is 0 Å². The van der Waals surface area contributed by atoms with E-state index in [1.807, 2.05) is 5.38 Å². The summed E-state index contributed by atoms with van der Waals surface area (Å²) >= 11 is 1.56. The van der Waals surface area contributed by atoms with Crippen LogP contribution in [0.2, 0.25) is 0 Å². The van der Waals surface area contributed by atoms with Crippen LogP contribution < -0.4 is 5.32 Å². The van der Waals surface area contributed by atoms with Crippen LogP contribution in [0.5, 0.6) is 0 Å². The van der Waals surface area contributed by atoms with Gasteiger partial charge in [0.05, 0.1) is 5.92 Å². The van der Waals surface area contributed by atoms with Gasteiger partial charge in [0.1, 0.15) is 10.8 Å². The number of carbonyl (C=O) groups is 1. The predicted molar refractivity (Wildman–Crippen MR) is 47.3 cm³/mol. The average Bonchev–Trinajstić information content (AvgIpc) is 2.57. The summed E-state index contributed by atoms with van der Waals surface area (Å²) in [5.74, 6) is 0.336. The van der Waals surface area contributed by atoms with Gasteiger partial charge in [0.15, 0.2) is 0 Å². The van der Waals surface area contributed by atoms with Crippen molar-refractivity contribution in [1.29, 1.82) is 0 Å². The number of nitrogens with one attached hydrogen (secondary N) is 1. The molecule has 0 radical (unpaired) electrons. The highest BCUT2D eigenvalue weighted by molar-refractivity contribution is 7.09. The largest absolute Gasteiger partial charge is 0.315 e. The van der Waals surface area contributed by atoms with Crippen LogP contribution in [0, 0.1) is 0 Å². The lowest BCUT2D eigenvalue weighted by Crippen LogP contribution is -2.35. The van der Waals surface area contributed by atoms with E-state index >= 15 is 0 Å². The number of ketones is 1. The molecule has 64 valence electrons. The summed E-state index contributed by atoms with van der Waals surface area (Å²) in [6.07, 6.45) is 2.39. The Morgan fingerprint density at radius 1 is 1.67 bits per heavy atom. The van der Waals surface area contributed by atoms with Crippen molar-refractivity contribution in [3.8, 4) is 0 Å². The number of thiazole rings is 1.